The molecule has 7 nitrogen and oxygen atoms in total. The Hall–Kier alpha value is -3.11. The summed E-state index contributed by atoms with van der Waals surface area (Å²) in [6, 6.07) is 10.8. The van der Waals surface area contributed by atoms with Gasteiger partial charge in [0.2, 0.25) is 5.91 Å². The molecule has 1 heterocycles. The van der Waals surface area contributed by atoms with E-state index in [1.807, 2.05) is 6.07 Å². The molecule has 0 radical (unpaired) electrons. The van der Waals surface area contributed by atoms with Gasteiger partial charge in [-0.1, -0.05) is 12.1 Å². The Morgan fingerprint density at radius 1 is 1.30 bits per heavy atom. The Morgan fingerprint density at radius 3 is 2.74 bits per heavy atom. The van der Waals surface area contributed by atoms with Crippen LogP contribution in [0.25, 0.3) is 0 Å². The minimum atomic E-state index is -1.33. The first kappa shape index (κ1) is 16.3. The molecule has 0 saturated carbocycles. The van der Waals surface area contributed by atoms with E-state index in [1.54, 1.807) is 36.4 Å². The van der Waals surface area contributed by atoms with Crippen LogP contribution in [0.1, 0.15) is 17.7 Å². The molecule has 0 aliphatic rings. The fraction of sp³-hybridized carbons (Fsp3) is 0.188. The number of hydrogen-bond donors (Lipinski definition) is 2. The van der Waals surface area contributed by atoms with Crippen molar-refractivity contribution in [3.63, 3.8) is 0 Å². The van der Waals surface area contributed by atoms with E-state index in [9.17, 15) is 14.7 Å². The van der Waals surface area contributed by atoms with Gasteiger partial charge in [-0.2, -0.15) is 5.26 Å². The Kier molecular flexibility index (Phi) is 5.50. The van der Waals surface area contributed by atoms with Gasteiger partial charge in [-0.3, -0.25) is 4.79 Å². The summed E-state index contributed by atoms with van der Waals surface area (Å²) in [4.78, 5) is 23.2. The summed E-state index contributed by atoms with van der Waals surface area (Å²) < 4.78 is 5.11. The third-order valence-electron chi connectivity index (χ3n) is 3.21. The summed E-state index contributed by atoms with van der Waals surface area (Å²) in [6.45, 7) is 0.285. The van der Waals surface area contributed by atoms with Crippen LogP contribution in [0.15, 0.2) is 47.1 Å². The highest BCUT2D eigenvalue weighted by molar-refractivity contribution is 5.94. The predicted molar refractivity (Wildman–Crippen MR) is 77.5 cm³/mol. The van der Waals surface area contributed by atoms with Crippen molar-refractivity contribution in [1.82, 2.24) is 0 Å². The van der Waals surface area contributed by atoms with Gasteiger partial charge in [-0.15, -0.1) is 0 Å². The van der Waals surface area contributed by atoms with E-state index in [2.05, 4.69) is 5.32 Å². The SMILES string of the molecule is N#Cc1ccccc1NC(=O)C[C@H]([NH2+]Cc1ccco1)C(=O)[O-]. The van der Waals surface area contributed by atoms with Gasteiger partial charge in [-0.25, -0.2) is 0 Å². The van der Waals surface area contributed by atoms with Crippen LogP contribution < -0.4 is 15.7 Å². The lowest BCUT2D eigenvalue weighted by atomic mass is 10.1. The summed E-state index contributed by atoms with van der Waals surface area (Å²) in [5.41, 5.74) is 0.661. The Balaban J connectivity index is 1.95. The maximum absolute atomic E-state index is 12.0. The Labute approximate surface area is 132 Å². The maximum atomic E-state index is 12.0. The topological polar surface area (TPSA) is 123 Å². The second kappa shape index (κ2) is 7.77. The van der Waals surface area contributed by atoms with Crippen molar-refractivity contribution < 1.29 is 24.4 Å². The first-order valence-corrected chi connectivity index (χ1v) is 6.95. The van der Waals surface area contributed by atoms with Gasteiger partial charge in [0.25, 0.3) is 0 Å². The first-order chi connectivity index (χ1) is 11.1. The summed E-state index contributed by atoms with van der Waals surface area (Å²) >= 11 is 0. The zero-order chi connectivity index (χ0) is 16.7. The highest BCUT2D eigenvalue weighted by atomic mass is 16.4. The third-order valence-corrected chi connectivity index (χ3v) is 3.21. The number of carboxylic acids is 1. The molecule has 0 fully saturated rings. The highest BCUT2D eigenvalue weighted by Crippen LogP contribution is 2.13. The van der Waals surface area contributed by atoms with E-state index in [0.29, 0.717) is 17.0 Å². The number of rotatable bonds is 7. The number of furan rings is 1. The smallest absolute Gasteiger partial charge is 0.230 e. The van der Waals surface area contributed by atoms with Crippen LogP contribution >= 0.6 is 0 Å². The molecular weight excluding hydrogens is 298 g/mol. The van der Waals surface area contributed by atoms with Crippen LogP contribution in [0, 0.1) is 11.3 Å². The zero-order valence-corrected chi connectivity index (χ0v) is 12.2. The Morgan fingerprint density at radius 2 is 2.09 bits per heavy atom. The average Bonchev–Trinajstić information content (AvgIpc) is 3.05. The third kappa shape index (κ3) is 4.69. The molecule has 3 N–H and O–H groups in total. The predicted octanol–water partition coefficient (Wildman–Crippen LogP) is -0.638. The molecule has 1 amide bonds. The van der Waals surface area contributed by atoms with Crippen LogP contribution in [0.4, 0.5) is 5.69 Å². The molecular formula is C16H15N3O4. The molecule has 1 aromatic carbocycles. The van der Waals surface area contributed by atoms with Gasteiger partial charge >= 0.3 is 0 Å². The number of anilines is 1. The molecule has 0 aliphatic carbocycles. The number of aliphatic carboxylic acids is 1. The van der Waals surface area contributed by atoms with Crippen molar-refractivity contribution in [2.24, 2.45) is 0 Å². The monoisotopic (exact) mass is 313 g/mol. The lowest BCUT2D eigenvalue weighted by Gasteiger charge is -2.16. The molecule has 0 spiro atoms. The number of nitrogens with one attached hydrogen (secondary N) is 1. The lowest BCUT2D eigenvalue weighted by Crippen LogP contribution is -2.92. The molecule has 118 valence electrons. The number of carboxylic acid groups (broad SMARTS) is 1. The van der Waals surface area contributed by atoms with E-state index in [4.69, 9.17) is 9.68 Å². The van der Waals surface area contributed by atoms with Gasteiger partial charge < -0.3 is 25.0 Å². The first-order valence-electron chi connectivity index (χ1n) is 6.95. The average molecular weight is 313 g/mol. The standard InChI is InChI=1S/C16H15N3O4/c17-9-11-4-1-2-6-13(11)19-15(20)8-14(16(21)22)18-10-12-5-3-7-23-12/h1-7,14,18H,8,10H2,(H,19,20)(H,21,22)/t14-/m0/s1. The largest absolute Gasteiger partial charge is 0.544 e. The number of amides is 1. The van der Waals surface area contributed by atoms with Crippen molar-refractivity contribution in [3.05, 3.63) is 54.0 Å². The summed E-state index contributed by atoms with van der Waals surface area (Å²) in [5.74, 6) is -1.23. The number of carbonyl (C=O) groups is 2. The van der Waals surface area contributed by atoms with Crippen LogP contribution in [-0.2, 0) is 16.1 Å². The lowest BCUT2D eigenvalue weighted by molar-refractivity contribution is -0.698. The van der Waals surface area contributed by atoms with Crippen molar-refractivity contribution in [1.29, 1.82) is 5.26 Å². The normalized spacial score (nSPS) is 11.4. The quantitative estimate of drug-likeness (QED) is 0.704. The zero-order valence-electron chi connectivity index (χ0n) is 12.2. The fourth-order valence-corrected chi connectivity index (χ4v) is 2.04. The van der Waals surface area contributed by atoms with Crippen molar-refractivity contribution in [3.8, 4) is 6.07 Å². The summed E-state index contributed by atoms with van der Waals surface area (Å²) in [5, 5.41) is 24.1. The van der Waals surface area contributed by atoms with E-state index >= 15 is 0 Å². The van der Waals surface area contributed by atoms with E-state index < -0.39 is 17.9 Å². The fourth-order valence-electron chi connectivity index (χ4n) is 2.04. The van der Waals surface area contributed by atoms with Gasteiger partial charge in [-0.05, 0) is 24.3 Å². The summed E-state index contributed by atoms with van der Waals surface area (Å²) in [7, 11) is 0. The number of hydrogen-bond acceptors (Lipinski definition) is 5. The van der Waals surface area contributed by atoms with Gasteiger partial charge in [0.05, 0.1) is 29.9 Å². The number of quaternary nitrogens is 1. The van der Waals surface area contributed by atoms with E-state index in [0.717, 1.165) is 0 Å². The second-order valence-corrected chi connectivity index (χ2v) is 4.85. The maximum Gasteiger partial charge on any atom is 0.230 e. The number of para-hydroxylation sites is 1. The molecule has 1 atom stereocenters. The Bertz CT molecular complexity index is 719. The molecule has 0 saturated heterocycles. The molecule has 0 unspecified atom stereocenters. The highest BCUT2D eigenvalue weighted by Gasteiger charge is 2.19. The van der Waals surface area contributed by atoms with Crippen LogP contribution in [-0.4, -0.2) is 17.9 Å². The number of carbonyl (C=O) groups excluding carboxylic acids is 2. The van der Waals surface area contributed by atoms with Crippen LogP contribution in [0.3, 0.4) is 0 Å². The molecule has 0 aliphatic heterocycles. The molecule has 2 aromatic rings. The molecule has 1 aromatic heterocycles. The van der Waals surface area contributed by atoms with E-state index in [1.165, 1.54) is 11.6 Å². The molecule has 2 rings (SSSR count). The van der Waals surface area contributed by atoms with Gasteiger partial charge in [0, 0.05) is 0 Å². The van der Waals surface area contributed by atoms with Crippen molar-refractivity contribution >= 4 is 17.6 Å². The van der Waals surface area contributed by atoms with Crippen molar-refractivity contribution in [2.75, 3.05) is 5.32 Å². The summed E-state index contributed by atoms with van der Waals surface area (Å²) in [6.07, 6.45) is 1.21. The molecule has 0 bridgehead atoms. The molecule has 23 heavy (non-hydrogen) atoms. The van der Waals surface area contributed by atoms with Crippen molar-refractivity contribution in [2.45, 2.75) is 19.0 Å². The molecule has 7 heteroatoms. The minimum absolute atomic E-state index is 0.275. The number of nitriles is 1. The van der Waals surface area contributed by atoms with Crippen LogP contribution in [0.5, 0.6) is 0 Å². The second-order valence-electron chi connectivity index (χ2n) is 4.85. The van der Waals surface area contributed by atoms with Crippen LogP contribution in [0.2, 0.25) is 0 Å². The van der Waals surface area contributed by atoms with Gasteiger partial charge in [0.1, 0.15) is 18.7 Å². The number of benzene rings is 1. The number of nitrogens with zero attached hydrogens (tertiary/aromatic N) is 1. The minimum Gasteiger partial charge on any atom is -0.544 e. The van der Waals surface area contributed by atoms with E-state index in [-0.39, 0.29) is 13.0 Å². The van der Waals surface area contributed by atoms with Gasteiger partial charge in [0.15, 0.2) is 5.76 Å². The number of nitrogens with two attached hydrogens (primary N) is 1.